The molecule has 2 amide bonds. The Bertz CT molecular complexity index is 578. The summed E-state index contributed by atoms with van der Waals surface area (Å²) in [5.41, 5.74) is 0.486. The van der Waals surface area contributed by atoms with Crippen LogP contribution >= 0.6 is 11.6 Å². The van der Waals surface area contributed by atoms with E-state index in [-0.39, 0.29) is 11.8 Å². The molecule has 2 rings (SSSR count). The second kappa shape index (κ2) is 6.69. The molecule has 0 spiro atoms. The van der Waals surface area contributed by atoms with Gasteiger partial charge in [0.05, 0.1) is 0 Å². The average molecular weight is 323 g/mol. The maximum atomic E-state index is 12.6. The number of piperidine rings is 1. The van der Waals surface area contributed by atoms with Gasteiger partial charge in [-0.3, -0.25) is 9.59 Å². The van der Waals surface area contributed by atoms with E-state index in [4.69, 9.17) is 11.6 Å². The molecule has 0 radical (unpaired) electrons. The summed E-state index contributed by atoms with van der Waals surface area (Å²) in [6.07, 6.45) is 3.18. The zero-order valence-electron chi connectivity index (χ0n) is 13.4. The Kier molecular flexibility index (Phi) is 5.12. The van der Waals surface area contributed by atoms with Crippen LogP contribution in [-0.2, 0) is 9.59 Å². The molecular formula is C17H23ClN2O2. The fourth-order valence-corrected chi connectivity index (χ4v) is 2.86. The molecule has 0 atom stereocenters. The van der Waals surface area contributed by atoms with E-state index in [9.17, 15) is 9.59 Å². The van der Waals surface area contributed by atoms with Crippen LogP contribution in [0.15, 0.2) is 18.2 Å². The summed E-state index contributed by atoms with van der Waals surface area (Å²) >= 11 is 5.92. The lowest BCUT2D eigenvalue weighted by Gasteiger charge is -2.33. The predicted molar refractivity (Wildman–Crippen MR) is 89.0 cm³/mol. The van der Waals surface area contributed by atoms with Gasteiger partial charge in [0.25, 0.3) is 0 Å². The summed E-state index contributed by atoms with van der Waals surface area (Å²) < 4.78 is 0. The van der Waals surface area contributed by atoms with Gasteiger partial charge in [-0.05, 0) is 63.8 Å². The third-order valence-electron chi connectivity index (χ3n) is 4.18. The Morgan fingerprint density at radius 1 is 1.18 bits per heavy atom. The van der Waals surface area contributed by atoms with Crippen LogP contribution < -0.4 is 5.32 Å². The standard InChI is InChI=1S/C17H23ClN2O2/c1-12-11-13(18)7-8-14(12)19-15(21)17(2,3)16(22)20-9-5-4-6-10-20/h7-8,11H,4-6,9-10H2,1-3H3,(H,19,21). The number of carbonyl (C=O) groups excluding carboxylic acids is 2. The quantitative estimate of drug-likeness (QED) is 0.864. The van der Waals surface area contributed by atoms with Crippen LogP contribution in [0.2, 0.25) is 5.02 Å². The summed E-state index contributed by atoms with van der Waals surface area (Å²) in [5, 5.41) is 3.48. The van der Waals surface area contributed by atoms with Crippen molar-refractivity contribution in [1.82, 2.24) is 4.90 Å². The molecule has 0 aliphatic carbocycles. The molecule has 1 saturated heterocycles. The molecule has 1 aromatic carbocycles. The predicted octanol–water partition coefficient (Wildman–Crippen LogP) is 3.63. The number of nitrogens with zero attached hydrogens (tertiary/aromatic N) is 1. The second-order valence-corrected chi connectivity index (χ2v) is 6.83. The lowest BCUT2D eigenvalue weighted by atomic mass is 9.89. The van der Waals surface area contributed by atoms with Gasteiger partial charge in [0.1, 0.15) is 5.41 Å². The lowest BCUT2D eigenvalue weighted by Crippen LogP contribution is -2.49. The number of likely N-dealkylation sites (tertiary alicyclic amines) is 1. The third kappa shape index (κ3) is 3.61. The van der Waals surface area contributed by atoms with E-state index in [1.165, 1.54) is 0 Å². The minimum absolute atomic E-state index is 0.101. The third-order valence-corrected chi connectivity index (χ3v) is 4.42. The van der Waals surface area contributed by atoms with Crippen LogP contribution in [0.4, 0.5) is 5.69 Å². The van der Waals surface area contributed by atoms with Crippen molar-refractivity contribution in [1.29, 1.82) is 0 Å². The lowest BCUT2D eigenvalue weighted by molar-refractivity contribution is -0.147. The molecule has 1 aliphatic heterocycles. The van der Waals surface area contributed by atoms with Gasteiger partial charge in [-0.15, -0.1) is 0 Å². The Labute approximate surface area is 136 Å². The molecule has 0 bridgehead atoms. The van der Waals surface area contributed by atoms with Crippen LogP contribution in [0.25, 0.3) is 0 Å². The van der Waals surface area contributed by atoms with Gasteiger partial charge in [-0.25, -0.2) is 0 Å². The average Bonchev–Trinajstić information content (AvgIpc) is 2.50. The minimum Gasteiger partial charge on any atom is -0.342 e. The molecule has 0 saturated carbocycles. The molecule has 1 aromatic rings. The fourth-order valence-electron chi connectivity index (χ4n) is 2.64. The molecule has 4 nitrogen and oxygen atoms in total. The van der Waals surface area contributed by atoms with Crippen molar-refractivity contribution in [2.45, 2.75) is 40.0 Å². The molecule has 5 heteroatoms. The highest BCUT2D eigenvalue weighted by Gasteiger charge is 2.39. The van der Waals surface area contributed by atoms with E-state index in [1.54, 1.807) is 36.9 Å². The minimum atomic E-state index is -1.08. The molecule has 1 N–H and O–H groups in total. The van der Waals surface area contributed by atoms with Crippen LogP contribution in [0, 0.1) is 12.3 Å². The molecule has 120 valence electrons. The topological polar surface area (TPSA) is 49.4 Å². The van der Waals surface area contributed by atoms with Gasteiger partial charge in [0.2, 0.25) is 11.8 Å². The zero-order chi connectivity index (χ0) is 16.3. The highest BCUT2D eigenvalue weighted by Crippen LogP contribution is 2.26. The number of nitrogens with one attached hydrogen (secondary N) is 1. The van der Waals surface area contributed by atoms with Crippen molar-refractivity contribution in [2.24, 2.45) is 5.41 Å². The highest BCUT2D eigenvalue weighted by molar-refractivity contribution is 6.30. The van der Waals surface area contributed by atoms with Crippen molar-refractivity contribution in [3.63, 3.8) is 0 Å². The van der Waals surface area contributed by atoms with E-state index in [1.807, 2.05) is 6.92 Å². The summed E-state index contributed by atoms with van der Waals surface area (Å²) in [6.45, 7) is 6.74. The summed E-state index contributed by atoms with van der Waals surface area (Å²) in [5.74, 6) is -0.384. The number of amides is 2. The van der Waals surface area contributed by atoms with Crippen LogP contribution in [-0.4, -0.2) is 29.8 Å². The number of anilines is 1. The number of hydrogen-bond donors (Lipinski definition) is 1. The zero-order valence-corrected chi connectivity index (χ0v) is 14.2. The van der Waals surface area contributed by atoms with Gasteiger partial charge in [-0.1, -0.05) is 11.6 Å². The molecule has 1 aliphatic rings. The number of carbonyl (C=O) groups is 2. The number of hydrogen-bond acceptors (Lipinski definition) is 2. The SMILES string of the molecule is Cc1cc(Cl)ccc1NC(=O)C(C)(C)C(=O)N1CCCCC1. The van der Waals surface area contributed by atoms with Gasteiger partial charge in [0.15, 0.2) is 0 Å². The Morgan fingerprint density at radius 3 is 2.41 bits per heavy atom. The molecular weight excluding hydrogens is 300 g/mol. The van der Waals surface area contributed by atoms with Gasteiger partial charge >= 0.3 is 0 Å². The maximum Gasteiger partial charge on any atom is 0.239 e. The molecule has 1 fully saturated rings. The maximum absolute atomic E-state index is 12.6. The summed E-state index contributed by atoms with van der Waals surface area (Å²) in [6, 6.07) is 5.28. The molecule has 0 aromatic heterocycles. The first-order chi connectivity index (χ1) is 10.3. The summed E-state index contributed by atoms with van der Waals surface area (Å²) in [4.78, 5) is 27.0. The van der Waals surface area contributed by atoms with Gasteiger partial charge < -0.3 is 10.2 Å². The van der Waals surface area contributed by atoms with Gasteiger partial charge in [0, 0.05) is 23.8 Å². The Balaban J connectivity index is 2.10. The van der Waals surface area contributed by atoms with E-state index < -0.39 is 5.41 Å². The molecule has 1 heterocycles. The Morgan fingerprint density at radius 2 is 1.82 bits per heavy atom. The first-order valence-electron chi connectivity index (χ1n) is 7.69. The van der Waals surface area contributed by atoms with E-state index in [0.29, 0.717) is 10.7 Å². The Hall–Kier alpha value is -1.55. The monoisotopic (exact) mass is 322 g/mol. The number of benzene rings is 1. The first-order valence-corrected chi connectivity index (χ1v) is 8.07. The van der Waals surface area contributed by atoms with E-state index in [2.05, 4.69) is 5.32 Å². The first kappa shape index (κ1) is 16.8. The van der Waals surface area contributed by atoms with Crippen molar-refractivity contribution < 1.29 is 9.59 Å². The fraction of sp³-hybridized carbons (Fsp3) is 0.529. The van der Waals surface area contributed by atoms with E-state index in [0.717, 1.165) is 37.9 Å². The van der Waals surface area contributed by atoms with Gasteiger partial charge in [-0.2, -0.15) is 0 Å². The molecule has 22 heavy (non-hydrogen) atoms. The molecule has 0 unspecified atom stereocenters. The van der Waals surface area contributed by atoms with Crippen molar-refractivity contribution in [2.75, 3.05) is 18.4 Å². The van der Waals surface area contributed by atoms with Crippen LogP contribution in [0.5, 0.6) is 0 Å². The highest BCUT2D eigenvalue weighted by atomic mass is 35.5. The van der Waals surface area contributed by atoms with Crippen molar-refractivity contribution >= 4 is 29.1 Å². The van der Waals surface area contributed by atoms with Crippen LogP contribution in [0.1, 0.15) is 38.7 Å². The van der Waals surface area contributed by atoms with Crippen LogP contribution in [0.3, 0.4) is 0 Å². The number of rotatable bonds is 3. The number of aryl methyl sites for hydroxylation is 1. The van der Waals surface area contributed by atoms with E-state index >= 15 is 0 Å². The largest absolute Gasteiger partial charge is 0.342 e. The smallest absolute Gasteiger partial charge is 0.239 e. The normalized spacial score (nSPS) is 15.5. The number of halogens is 1. The van der Waals surface area contributed by atoms with Crippen molar-refractivity contribution in [3.8, 4) is 0 Å². The second-order valence-electron chi connectivity index (χ2n) is 6.39. The van der Waals surface area contributed by atoms with Crippen molar-refractivity contribution in [3.05, 3.63) is 28.8 Å². The summed E-state index contributed by atoms with van der Waals surface area (Å²) in [7, 11) is 0.